The first-order chi connectivity index (χ1) is 8.58. The van der Waals surface area contributed by atoms with Gasteiger partial charge < -0.3 is 14.6 Å². The van der Waals surface area contributed by atoms with Crippen molar-refractivity contribution in [2.75, 3.05) is 14.2 Å². The average Bonchev–Trinajstić information content (AvgIpc) is 2.36. The van der Waals surface area contributed by atoms with Crippen LogP contribution in [0.5, 0.6) is 11.5 Å². The first kappa shape index (κ1) is 12.4. The number of hydrogen-bond donors (Lipinski definition) is 1. The Bertz CT molecular complexity index is 674. The second-order valence-electron chi connectivity index (χ2n) is 3.47. The topological polar surface area (TPSA) is 72.8 Å². The summed E-state index contributed by atoms with van der Waals surface area (Å²) in [5, 5.41) is 9.77. The number of carbonyl (C=O) groups is 1. The van der Waals surface area contributed by atoms with Crippen LogP contribution in [-0.4, -0.2) is 25.3 Å². The van der Waals surface area contributed by atoms with Crippen molar-refractivity contribution in [1.29, 1.82) is 0 Å². The first-order valence-corrected chi connectivity index (χ1v) is 5.82. The van der Waals surface area contributed by atoms with Crippen LogP contribution < -0.4 is 14.2 Å². The van der Waals surface area contributed by atoms with Gasteiger partial charge in [-0.1, -0.05) is 17.4 Å². The standard InChI is InChI=1S/C12H10O5S/c1-16-7-4-3-6-5-8(11(13)14)18-12(15)9(6)10(7)17-2/h3-5H,1-2H3,(H,13,14). The molecule has 1 aromatic carbocycles. The molecule has 94 valence electrons. The fourth-order valence-corrected chi connectivity index (χ4v) is 2.49. The molecule has 18 heavy (non-hydrogen) atoms. The summed E-state index contributed by atoms with van der Waals surface area (Å²) in [4.78, 5) is 22.9. The summed E-state index contributed by atoms with van der Waals surface area (Å²) in [6, 6.07) is 4.72. The summed E-state index contributed by atoms with van der Waals surface area (Å²) in [5.74, 6) is -0.348. The van der Waals surface area contributed by atoms with Crippen molar-refractivity contribution in [1.82, 2.24) is 0 Å². The van der Waals surface area contributed by atoms with Gasteiger partial charge in [-0.3, -0.25) is 4.79 Å². The van der Waals surface area contributed by atoms with E-state index in [2.05, 4.69) is 0 Å². The Balaban J connectivity index is 2.87. The van der Waals surface area contributed by atoms with Crippen LogP contribution in [0.25, 0.3) is 10.8 Å². The molecule has 5 nitrogen and oxygen atoms in total. The van der Waals surface area contributed by atoms with Gasteiger partial charge in [-0.2, -0.15) is 0 Å². The lowest BCUT2D eigenvalue weighted by Crippen LogP contribution is -2.04. The minimum absolute atomic E-state index is 0.000259. The molecule has 2 aromatic rings. The number of carboxylic acids is 1. The number of aromatic carboxylic acids is 1. The third-order valence-electron chi connectivity index (χ3n) is 2.48. The molecule has 0 fully saturated rings. The number of hydrogen-bond acceptors (Lipinski definition) is 5. The van der Waals surface area contributed by atoms with E-state index >= 15 is 0 Å². The minimum Gasteiger partial charge on any atom is -0.493 e. The highest BCUT2D eigenvalue weighted by molar-refractivity contribution is 7.11. The molecular weight excluding hydrogens is 256 g/mol. The zero-order valence-corrected chi connectivity index (χ0v) is 10.5. The summed E-state index contributed by atoms with van der Waals surface area (Å²) >= 11 is 0.673. The molecule has 0 amide bonds. The number of methoxy groups -OCH3 is 2. The second-order valence-corrected chi connectivity index (χ2v) is 4.48. The van der Waals surface area contributed by atoms with Crippen LogP contribution in [0, 0.1) is 0 Å². The number of benzene rings is 1. The maximum atomic E-state index is 12.0. The van der Waals surface area contributed by atoms with Crippen LogP contribution >= 0.6 is 11.3 Å². The van der Waals surface area contributed by atoms with Crippen LogP contribution in [0.1, 0.15) is 9.67 Å². The summed E-state index contributed by atoms with van der Waals surface area (Å²) in [5.41, 5.74) is 0. The number of rotatable bonds is 3. The Kier molecular flexibility index (Phi) is 3.20. The third-order valence-corrected chi connectivity index (χ3v) is 3.38. The lowest BCUT2D eigenvalue weighted by molar-refractivity contribution is 0.0702. The van der Waals surface area contributed by atoms with E-state index in [1.54, 1.807) is 12.1 Å². The zero-order chi connectivity index (χ0) is 13.3. The van der Waals surface area contributed by atoms with Gasteiger partial charge in [-0.25, -0.2) is 4.79 Å². The van der Waals surface area contributed by atoms with Crippen molar-refractivity contribution in [2.24, 2.45) is 0 Å². The summed E-state index contributed by atoms with van der Waals surface area (Å²) in [6.07, 6.45) is 0. The highest BCUT2D eigenvalue weighted by Crippen LogP contribution is 2.34. The van der Waals surface area contributed by atoms with Gasteiger partial charge in [0.2, 0.25) is 4.74 Å². The Hall–Kier alpha value is -2.08. The van der Waals surface area contributed by atoms with E-state index in [9.17, 15) is 9.59 Å². The minimum atomic E-state index is -1.12. The number of fused-ring (bicyclic) bond motifs is 1. The van der Waals surface area contributed by atoms with Gasteiger partial charge in [0.25, 0.3) is 0 Å². The molecule has 0 aliphatic heterocycles. The molecule has 0 atom stereocenters. The Morgan fingerprint density at radius 2 is 2.00 bits per heavy atom. The van der Waals surface area contributed by atoms with Crippen molar-refractivity contribution in [3.05, 3.63) is 32.6 Å². The highest BCUT2D eigenvalue weighted by Gasteiger charge is 2.15. The van der Waals surface area contributed by atoms with Gasteiger partial charge in [0, 0.05) is 0 Å². The van der Waals surface area contributed by atoms with Gasteiger partial charge in [0.15, 0.2) is 11.5 Å². The molecule has 0 radical (unpaired) electrons. The van der Waals surface area contributed by atoms with Crippen molar-refractivity contribution in [2.45, 2.75) is 0 Å². The summed E-state index contributed by atoms with van der Waals surface area (Å²) in [7, 11) is 2.91. The molecule has 1 N–H and O–H groups in total. The Morgan fingerprint density at radius 1 is 1.28 bits per heavy atom. The molecule has 0 bridgehead atoms. The predicted octanol–water partition coefficient (Wildman–Crippen LogP) is 1.98. The largest absolute Gasteiger partial charge is 0.493 e. The second kappa shape index (κ2) is 4.66. The summed E-state index contributed by atoms with van der Waals surface area (Å²) in [6.45, 7) is 0. The number of ether oxygens (including phenoxy) is 2. The lowest BCUT2D eigenvalue weighted by Gasteiger charge is -2.09. The zero-order valence-electron chi connectivity index (χ0n) is 9.72. The monoisotopic (exact) mass is 266 g/mol. The lowest BCUT2D eigenvalue weighted by atomic mass is 10.1. The van der Waals surface area contributed by atoms with Crippen molar-refractivity contribution >= 4 is 28.1 Å². The van der Waals surface area contributed by atoms with E-state index in [1.807, 2.05) is 0 Å². The maximum absolute atomic E-state index is 12.0. The van der Waals surface area contributed by atoms with Crippen molar-refractivity contribution < 1.29 is 19.4 Å². The summed E-state index contributed by atoms with van der Waals surface area (Å²) < 4.78 is 9.91. The fraction of sp³-hybridized carbons (Fsp3) is 0.167. The van der Waals surface area contributed by atoms with E-state index in [4.69, 9.17) is 14.6 Å². The molecule has 0 aliphatic rings. The smallest absolute Gasteiger partial charge is 0.346 e. The first-order valence-electron chi connectivity index (χ1n) is 5.00. The molecule has 0 aliphatic carbocycles. The van der Waals surface area contributed by atoms with Gasteiger partial charge in [-0.05, 0) is 17.5 Å². The van der Waals surface area contributed by atoms with Crippen LogP contribution in [0.3, 0.4) is 0 Å². The van der Waals surface area contributed by atoms with Gasteiger partial charge >= 0.3 is 5.97 Å². The van der Waals surface area contributed by atoms with Gasteiger partial charge in [0.1, 0.15) is 4.88 Å². The van der Waals surface area contributed by atoms with E-state index in [-0.39, 0.29) is 9.62 Å². The fourth-order valence-electron chi connectivity index (χ4n) is 1.70. The molecule has 0 saturated carbocycles. The van der Waals surface area contributed by atoms with Gasteiger partial charge in [-0.15, -0.1) is 0 Å². The molecule has 0 unspecified atom stereocenters. The Labute approximate surface area is 106 Å². The normalized spacial score (nSPS) is 10.3. The van der Waals surface area contributed by atoms with E-state index in [0.717, 1.165) is 0 Å². The molecule has 6 heteroatoms. The van der Waals surface area contributed by atoms with Crippen molar-refractivity contribution in [3.8, 4) is 11.5 Å². The van der Waals surface area contributed by atoms with Crippen LogP contribution in [-0.2, 0) is 0 Å². The molecular formula is C12H10O5S. The van der Waals surface area contributed by atoms with Crippen LogP contribution in [0.4, 0.5) is 0 Å². The van der Waals surface area contributed by atoms with E-state index < -0.39 is 5.97 Å². The predicted molar refractivity (Wildman–Crippen MR) is 68.2 cm³/mol. The molecule has 1 heterocycles. The number of carboxylic acid groups (broad SMARTS) is 1. The van der Waals surface area contributed by atoms with Gasteiger partial charge in [0.05, 0.1) is 19.6 Å². The molecule has 1 aromatic heterocycles. The van der Waals surface area contributed by atoms with E-state index in [1.165, 1.54) is 20.3 Å². The van der Waals surface area contributed by atoms with Crippen molar-refractivity contribution in [3.63, 3.8) is 0 Å². The third kappa shape index (κ3) is 1.91. The molecule has 2 rings (SSSR count). The highest BCUT2D eigenvalue weighted by atomic mass is 32.1. The quantitative estimate of drug-likeness (QED) is 0.919. The van der Waals surface area contributed by atoms with Crippen LogP contribution in [0.15, 0.2) is 23.0 Å². The molecule has 0 saturated heterocycles. The van der Waals surface area contributed by atoms with Crippen LogP contribution in [0.2, 0.25) is 0 Å². The molecule has 0 spiro atoms. The maximum Gasteiger partial charge on any atom is 0.346 e. The average molecular weight is 266 g/mol. The van der Waals surface area contributed by atoms with E-state index in [0.29, 0.717) is 33.6 Å². The SMILES string of the molecule is COc1ccc2cc(C(=O)O)sc(=O)c2c1OC. The Morgan fingerprint density at radius 3 is 2.56 bits per heavy atom.